The number of fused-ring (bicyclic) bond motifs is 4. The molecule has 18 heteroatoms. The van der Waals surface area contributed by atoms with Crippen LogP contribution in [0.15, 0.2) is 67.1 Å². The lowest BCUT2D eigenvalue weighted by Gasteiger charge is -2.48. The van der Waals surface area contributed by atoms with Crippen LogP contribution in [-0.4, -0.2) is 128 Å². The van der Waals surface area contributed by atoms with Gasteiger partial charge in [-0.3, -0.25) is 44.0 Å². The number of nitrogens with one attached hydrogen (secondary N) is 2. The zero-order valence-electron chi connectivity index (χ0n) is 44.1. The largest absolute Gasteiger partial charge is 0.480 e. The van der Waals surface area contributed by atoms with Crippen molar-refractivity contribution in [1.29, 1.82) is 0 Å². The average molecular weight is 979 g/mol. The van der Waals surface area contributed by atoms with Crippen LogP contribution in [0.2, 0.25) is 0 Å². The molecule has 0 radical (unpaired) electrons. The van der Waals surface area contributed by atoms with E-state index in [1.54, 1.807) is 48.5 Å². The molecule has 72 heavy (non-hydrogen) atoms. The van der Waals surface area contributed by atoms with Crippen molar-refractivity contribution < 1.29 is 37.9 Å². The molecular formula is C54H61N11O7. The minimum Gasteiger partial charge on any atom is -0.480 e. The number of imide groups is 2. The predicted octanol–water partition coefficient (Wildman–Crippen LogP) is 5.90. The summed E-state index contributed by atoms with van der Waals surface area (Å²) in [6, 6.07) is 14.2. The van der Waals surface area contributed by atoms with Crippen molar-refractivity contribution >= 4 is 58.2 Å². The van der Waals surface area contributed by atoms with Gasteiger partial charge >= 0.3 is 0 Å². The maximum atomic E-state index is 14.2. The number of hydrogen-bond acceptors (Lipinski definition) is 14. The van der Waals surface area contributed by atoms with E-state index in [4.69, 9.17) is 13.8 Å². The molecule has 6 aliphatic rings. The summed E-state index contributed by atoms with van der Waals surface area (Å²) in [5.41, 5.74) is 7.27. The number of piperazine rings is 1. The highest BCUT2D eigenvalue weighted by atomic mass is 16.5. The summed E-state index contributed by atoms with van der Waals surface area (Å²) in [7, 11) is -2.80. The first kappa shape index (κ1) is 43.6. The number of ether oxygens (including phenoxy) is 1. The fraction of sp³-hybridized carbons (Fsp3) is 0.444. The molecule has 4 aromatic heterocycles. The third kappa shape index (κ3) is 8.23. The zero-order valence-corrected chi connectivity index (χ0v) is 41.1. The lowest BCUT2D eigenvalue weighted by molar-refractivity contribution is -0.136. The Morgan fingerprint density at radius 3 is 2.39 bits per heavy atom. The minimum absolute atomic E-state index is 0.0653. The molecule has 5 amide bonds. The summed E-state index contributed by atoms with van der Waals surface area (Å²) >= 11 is 0. The van der Waals surface area contributed by atoms with Crippen LogP contribution in [0.25, 0.3) is 11.1 Å². The Kier molecular flexibility index (Phi) is 11.0. The highest BCUT2D eigenvalue weighted by Crippen LogP contribution is 2.42. The van der Waals surface area contributed by atoms with Gasteiger partial charge in [0.2, 0.25) is 17.7 Å². The molecule has 5 aliphatic heterocycles. The molecule has 5 atom stereocenters. The number of piperidine rings is 2. The maximum absolute atomic E-state index is 14.2. The van der Waals surface area contributed by atoms with Crippen molar-refractivity contribution in [2.75, 3.05) is 59.8 Å². The summed E-state index contributed by atoms with van der Waals surface area (Å²) in [6.07, 6.45) is 7.63. The molecule has 1 aromatic carbocycles. The van der Waals surface area contributed by atoms with E-state index in [1.807, 2.05) is 24.3 Å². The number of nitrogens with zero attached hydrogens (tertiary/aromatic N) is 9. The van der Waals surface area contributed by atoms with Gasteiger partial charge in [0.05, 0.1) is 40.3 Å². The Balaban J connectivity index is 0.753. The van der Waals surface area contributed by atoms with Crippen LogP contribution in [0.3, 0.4) is 0 Å². The molecule has 11 rings (SSSR count). The fourth-order valence-electron chi connectivity index (χ4n) is 12.2. The summed E-state index contributed by atoms with van der Waals surface area (Å²) in [5.74, 6) is -1.65. The Hall–Kier alpha value is -7.18. The van der Waals surface area contributed by atoms with Gasteiger partial charge in [-0.05, 0) is 118 Å². The number of rotatable bonds is 10. The van der Waals surface area contributed by atoms with Gasteiger partial charge in [0.1, 0.15) is 29.1 Å². The van der Waals surface area contributed by atoms with E-state index in [9.17, 15) is 29.1 Å². The number of pyridine rings is 3. The molecule has 1 aliphatic carbocycles. The summed E-state index contributed by atoms with van der Waals surface area (Å²) in [6.45, 7) is 14.7. The Morgan fingerprint density at radius 1 is 0.833 bits per heavy atom. The van der Waals surface area contributed by atoms with Crippen molar-refractivity contribution in [2.45, 2.75) is 110 Å². The van der Waals surface area contributed by atoms with E-state index in [2.05, 4.69) is 67.6 Å². The predicted molar refractivity (Wildman–Crippen MR) is 271 cm³/mol. The zero-order chi connectivity index (χ0) is 52.8. The van der Waals surface area contributed by atoms with Gasteiger partial charge in [-0.1, -0.05) is 13.8 Å². The number of anilines is 5. The van der Waals surface area contributed by atoms with Crippen LogP contribution < -0.4 is 30.1 Å². The molecule has 0 bridgehead atoms. The van der Waals surface area contributed by atoms with Gasteiger partial charge in [-0.25, -0.2) is 15.0 Å². The van der Waals surface area contributed by atoms with Crippen LogP contribution >= 0.6 is 0 Å². The van der Waals surface area contributed by atoms with E-state index in [1.165, 1.54) is 17.5 Å². The number of aliphatic hydroxyl groups excluding tert-OH is 1. The number of benzene rings is 1. The molecule has 1 unspecified atom stereocenters. The average Bonchev–Trinajstić information content (AvgIpc) is 3.96. The SMILES string of the molecule is [2H]C([2H])([2H])Oc1ncc(-c2ccnc(N3CCn4c(cc5c4CC(C)(C)C5)C3=O)c2[C@H](C)O)cc1Nc1ccc(N2CCN(C3CCN(c4ccc5c(c4)C(=O)N([C@H]4CCC(=O)NC4=O)C5=O)[C@H](C)C3)C[C@@H]2C)cn1. The lowest BCUT2D eigenvalue weighted by atomic mass is 9.90. The van der Waals surface area contributed by atoms with Crippen molar-refractivity contribution in [3.63, 3.8) is 0 Å². The van der Waals surface area contributed by atoms with Crippen molar-refractivity contribution in [1.82, 2.24) is 34.6 Å². The second-order valence-electron chi connectivity index (χ2n) is 21.0. The van der Waals surface area contributed by atoms with Crippen molar-refractivity contribution in [2.24, 2.45) is 5.41 Å². The number of methoxy groups -OCH3 is 1. The van der Waals surface area contributed by atoms with E-state index >= 15 is 0 Å². The van der Waals surface area contributed by atoms with Gasteiger partial charge < -0.3 is 29.5 Å². The third-order valence-corrected chi connectivity index (χ3v) is 15.6. The molecule has 9 heterocycles. The highest BCUT2D eigenvalue weighted by Gasteiger charge is 2.45. The van der Waals surface area contributed by atoms with Gasteiger partial charge in [0.15, 0.2) is 0 Å². The Labute approximate surface area is 422 Å². The second kappa shape index (κ2) is 18.1. The number of hydrogen-bond donors (Lipinski definition) is 3. The lowest BCUT2D eigenvalue weighted by Crippen LogP contribution is -2.58. The first-order valence-corrected chi connectivity index (χ1v) is 25.0. The molecule has 5 aromatic rings. The van der Waals surface area contributed by atoms with Crippen LogP contribution in [0, 0.1) is 5.41 Å². The quantitative estimate of drug-likeness (QED) is 0.140. The normalized spacial score (nSPS) is 24.3. The molecule has 18 nitrogen and oxygen atoms in total. The molecule has 3 fully saturated rings. The number of aromatic nitrogens is 4. The van der Waals surface area contributed by atoms with Crippen molar-refractivity contribution in [3.05, 3.63) is 101 Å². The summed E-state index contributed by atoms with van der Waals surface area (Å²) in [5, 5.41) is 16.8. The fourth-order valence-corrected chi connectivity index (χ4v) is 12.2. The number of carbonyl (C=O) groups is 5. The monoisotopic (exact) mass is 978 g/mol. The standard InChI is InChI=1S/C54H61N11O7/c1-30-21-35(14-16-61(30)36-7-9-39-40(24-36)52(70)65(51(39)69)42-10-12-46(67)59-49(42)68)60-17-18-62(31(2)29-60)37-8-11-45(56-28-37)58-41-22-34(27-57-50(41)72-6)38-13-15-55-48(47(38)32(3)66)64-20-19-63-43(53(64)71)23-33-25-54(4,5)26-44(33)63/h7-9,11,13,15,22-24,27-28,30-32,35,42,66H,10,12,14,16-21,25-26,29H2,1-6H3,(H,56,58)(H,59,67,68)/t30-,31+,32+,35?,42+/m1/s1/i6D3. The molecule has 374 valence electrons. The first-order chi connectivity index (χ1) is 35.7. The smallest absolute Gasteiger partial charge is 0.276 e. The number of carbonyl (C=O) groups excluding carboxylic acids is 5. The van der Waals surface area contributed by atoms with Gasteiger partial charge in [-0.15, -0.1) is 0 Å². The van der Waals surface area contributed by atoms with Gasteiger partial charge in [-0.2, -0.15) is 0 Å². The van der Waals surface area contributed by atoms with Gasteiger partial charge in [0, 0.05) is 98.7 Å². The van der Waals surface area contributed by atoms with Crippen molar-refractivity contribution in [3.8, 4) is 17.0 Å². The van der Waals surface area contributed by atoms with Crippen LogP contribution in [0.5, 0.6) is 5.88 Å². The second-order valence-corrected chi connectivity index (χ2v) is 21.0. The van der Waals surface area contributed by atoms with E-state index < -0.39 is 42.8 Å². The molecule has 0 saturated carbocycles. The summed E-state index contributed by atoms with van der Waals surface area (Å²) in [4.78, 5) is 89.0. The van der Waals surface area contributed by atoms with Crippen LogP contribution in [-0.2, 0) is 29.0 Å². The molecule has 3 N–H and O–H groups in total. The number of amides is 5. The Bertz CT molecular complexity index is 3160. The maximum Gasteiger partial charge on any atom is 0.276 e. The minimum atomic E-state index is -2.80. The topological polar surface area (TPSA) is 199 Å². The Morgan fingerprint density at radius 2 is 1.64 bits per heavy atom. The molecular weight excluding hydrogens is 915 g/mol. The van der Waals surface area contributed by atoms with Gasteiger partial charge in [0.25, 0.3) is 17.7 Å². The first-order valence-electron chi connectivity index (χ1n) is 26.5. The van der Waals surface area contributed by atoms with Crippen LogP contribution in [0.1, 0.15) is 119 Å². The van der Waals surface area contributed by atoms with Crippen LogP contribution in [0.4, 0.5) is 28.7 Å². The molecule has 0 spiro atoms. The van der Waals surface area contributed by atoms with E-state index in [0.29, 0.717) is 53.2 Å². The highest BCUT2D eigenvalue weighted by molar-refractivity contribution is 6.23. The van der Waals surface area contributed by atoms with E-state index in [-0.39, 0.29) is 58.9 Å². The molecule has 3 saturated heterocycles. The number of aliphatic hydroxyl groups is 1. The van der Waals surface area contributed by atoms with E-state index in [0.717, 1.165) is 68.1 Å². The summed E-state index contributed by atoms with van der Waals surface area (Å²) < 4.78 is 31.2. The third-order valence-electron chi connectivity index (χ3n) is 15.6.